The average Bonchev–Trinajstić information content (AvgIpc) is 1.56. The van der Waals surface area contributed by atoms with Crippen LogP contribution in [0.15, 0.2) is 91.2 Å². The molecule has 0 saturated carbocycles. The number of β-lactam (4-membered cyclic amide) rings is 1. The van der Waals surface area contributed by atoms with Crippen molar-refractivity contribution < 1.29 is 101 Å². The Balaban J connectivity index is 0.821. The Kier molecular flexibility index (Phi) is 26.9. The topological polar surface area (TPSA) is 418 Å². The number of aliphatic hydroxyl groups is 4. The predicted molar refractivity (Wildman–Crippen MR) is 404 cm³/mol. The van der Waals surface area contributed by atoms with Crippen LogP contribution < -0.4 is 42.0 Å². The van der Waals surface area contributed by atoms with Gasteiger partial charge in [-0.2, -0.15) is 0 Å². The molecular formula is C74H93Cl2N7O23S3. The molecule has 11 rings (SSSR count). The summed E-state index contributed by atoms with van der Waals surface area (Å²) in [6.07, 6.45) is -6.02. The number of phenolic OH excluding ortho intramolecular Hbond substituents is 1. The number of likely N-dealkylation sites (N-methyl/N-ethyl adjacent to an activating group) is 2. The number of likely N-dealkylation sites (tertiary alicyclic amines) is 2. The molecule has 6 aliphatic rings. The van der Waals surface area contributed by atoms with E-state index in [-0.39, 0.29) is 56.9 Å². The van der Waals surface area contributed by atoms with Crippen LogP contribution in [0.4, 0.5) is 0 Å². The number of halogens is 2. The number of phenols is 1. The highest BCUT2D eigenvalue weighted by Crippen LogP contribution is 2.51. The van der Waals surface area contributed by atoms with Gasteiger partial charge in [-0.15, -0.1) is 58.5 Å². The van der Waals surface area contributed by atoms with Crippen molar-refractivity contribution in [3.05, 3.63) is 110 Å². The molecule has 6 saturated heterocycles. The molecule has 594 valence electrons. The van der Waals surface area contributed by atoms with E-state index in [0.29, 0.717) is 36.8 Å². The van der Waals surface area contributed by atoms with Gasteiger partial charge in [-0.3, -0.25) is 38.6 Å². The lowest BCUT2D eigenvalue weighted by atomic mass is 9.92. The number of nitrogens with zero attached hydrogens (tertiary/aromatic N) is 3. The largest absolute Gasteiger partial charge is 0.508 e. The first-order valence-electron chi connectivity index (χ1n) is 36.1. The van der Waals surface area contributed by atoms with Crippen LogP contribution in [0, 0.1) is 11.8 Å². The lowest BCUT2D eigenvalue weighted by Gasteiger charge is -2.45. The number of carbonyl (C=O) groups is 7. The van der Waals surface area contributed by atoms with Gasteiger partial charge in [-0.05, 0) is 127 Å². The number of amides is 4. The molecule has 4 amide bonds. The Labute approximate surface area is 650 Å². The molecule has 2 aromatic heterocycles. The summed E-state index contributed by atoms with van der Waals surface area (Å²) < 4.78 is 53.4. The number of nitrogens with one attached hydrogen (secondary N) is 3. The second-order valence-electron chi connectivity index (χ2n) is 29.0. The van der Waals surface area contributed by atoms with Crippen LogP contribution in [0.1, 0.15) is 106 Å². The molecule has 0 spiro atoms. The number of ether oxygens (including phenoxy) is 7. The summed E-state index contributed by atoms with van der Waals surface area (Å²) in [6.45, 7) is 9.34. The molecule has 109 heavy (non-hydrogen) atoms. The van der Waals surface area contributed by atoms with E-state index in [9.17, 15) is 68.7 Å². The summed E-state index contributed by atoms with van der Waals surface area (Å²) in [5.41, 5.74) is 2.32. The number of alkyl halides is 2. The number of aromatic hydroxyl groups is 1. The predicted octanol–water partition coefficient (Wildman–Crippen LogP) is 3.97. The number of carbonyl (C=O) groups excluding carboxylic acids is 7. The molecule has 0 radical (unpaired) electrons. The van der Waals surface area contributed by atoms with Crippen LogP contribution in [-0.2, 0) is 47.7 Å². The van der Waals surface area contributed by atoms with Crippen molar-refractivity contribution >= 4 is 122 Å². The van der Waals surface area contributed by atoms with Gasteiger partial charge in [0.1, 0.15) is 123 Å². The van der Waals surface area contributed by atoms with E-state index in [4.69, 9.17) is 70.9 Å². The van der Waals surface area contributed by atoms with E-state index < -0.39 is 189 Å². The second kappa shape index (κ2) is 35.4. The highest BCUT2D eigenvalue weighted by atomic mass is 35.5. The molecule has 22 unspecified atom stereocenters. The van der Waals surface area contributed by atoms with Crippen LogP contribution in [0.25, 0.3) is 21.9 Å². The molecule has 0 bridgehead atoms. The molecule has 3 aromatic carbocycles. The molecule has 30 nitrogen and oxygen atoms in total. The summed E-state index contributed by atoms with van der Waals surface area (Å²) in [4.78, 5) is 132. The summed E-state index contributed by atoms with van der Waals surface area (Å²) in [6, 6.07) is 8.92. The summed E-state index contributed by atoms with van der Waals surface area (Å²) in [7, 11) is 3.71. The number of fused-ring (bicyclic) bond motifs is 3. The summed E-state index contributed by atoms with van der Waals surface area (Å²) >= 11 is 16.5. The maximum Gasteiger partial charge on any atom is 0.374 e. The van der Waals surface area contributed by atoms with E-state index in [0.717, 1.165) is 67.9 Å². The molecule has 8 heterocycles. The summed E-state index contributed by atoms with van der Waals surface area (Å²) in [5.74, 6) is -6.79. The smallest absolute Gasteiger partial charge is 0.374 e. The molecule has 6 fully saturated rings. The number of aliphatic hydroxyl groups excluding tert-OH is 4. The van der Waals surface area contributed by atoms with Crippen LogP contribution in [-0.4, -0.2) is 258 Å². The molecule has 6 aliphatic heterocycles. The SMILES string of the molecule is CCCC1CC(C(=O)NC(CCl)C2OC(SC)C(O)C(OC(=O)c3cc(=O)c4c(OCC(COc5cccc6oc(C(=O)OC7C(O)C(SC)OC(C(NC(=O)C8CC(CCC)CN8C)C(C)Cl)C7O)cc(=O)c56)OC(=O)C5N6C(=O)C(NC(=O)C(N)c7ccc(O)cc7)C6SC5(C)C)cccc4o3)C2O)N(C)C1. The minimum absolute atomic E-state index is 0.0505. The number of hydrogen-bond acceptors (Lipinski definition) is 29. The van der Waals surface area contributed by atoms with Crippen molar-refractivity contribution in [3.8, 4) is 17.2 Å². The number of thioether (sulfide) groups is 3. The van der Waals surface area contributed by atoms with Crippen LogP contribution in [0.2, 0.25) is 0 Å². The molecule has 10 N–H and O–H groups in total. The Morgan fingerprint density at radius 1 is 0.716 bits per heavy atom. The van der Waals surface area contributed by atoms with Crippen molar-refractivity contribution in [1.82, 2.24) is 30.7 Å². The third kappa shape index (κ3) is 17.8. The highest BCUT2D eigenvalue weighted by molar-refractivity contribution is 8.01. The zero-order chi connectivity index (χ0) is 78.8. The maximum absolute atomic E-state index is 14.8. The van der Waals surface area contributed by atoms with Crippen molar-refractivity contribution in [2.45, 2.75) is 197 Å². The quantitative estimate of drug-likeness (QED) is 0.0141. The highest BCUT2D eigenvalue weighted by Gasteiger charge is 2.65. The van der Waals surface area contributed by atoms with Gasteiger partial charge in [0.25, 0.3) is 0 Å². The summed E-state index contributed by atoms with van der Waals surface area (Å²) in [5, 5.41) is 63.0. The lowest BCUT2D eigenvalue weighted by Crippen LogP contribution is -2.71. The van der Waals surface area contributed by atoms with E-state index in [1.54, 1.807) is 33.3 Å². The zero-order valence-electron chi connectivity index (χ0n) is 61.4. The monoisotopic (exact) mass is 1610 g/mol. The first-order chi connectivity index (χ1) is 51.9. The third-order valence-electron chi connectivity index (χ3n) is 20.9. The van der Waals surface area contributed by atoms with E-state index >= 15 is 0 Å². The Hall–Kier alpha value is -6.96. The standard InChI is InChI=1S/C74H93Cl2N7O23S3/c1-10-14-34-24-40(81(6)29-34)64(91)78-39(28-75)59-55(87)61(57(89)72(105-59)107-8)103-69(95)48-26-42(85)50-44(16-12-18-46(50)101-48)98-31-38(100-71(97)63-74(4,5)109-68-54(67(94)83(63)68)80-66(93)52(77)36-20-22-37(84)23-21-36)32-99-45-17-13-19-47-51(45)43(86)27-49(102-47)70(96)104-62-56(88)60(106-73(108-9)58(62)90)53(33(3)76)79-65(92)41-25-35(15-11-2)30-82(41)7/h12-13,16-23,26-27,33-35,38-41,52-63,68,72-73,84,87-90H,10-11,14-15,24-25,28-32,77H2,1-9H3,(H,78,91)(H,79,92)(H,80,93). The number of esters is 3. The fourth-order valence-electron chi connectivity index (χ4n) is 15.4. The molecule has 22 atom stereocenters. The Morgan fingerprint density at radius 2 is 1.20 bits per heavy atom. The fourth-order valence-corrected chi connectivity index (χ4v) is 18.8. The minimum Gasteiger partial charge on any atom is -0.508 e. The minimum atomic E-state index is -1.78. The number of nitrogens with two attached hydrogens (primary N) is 1. The van der Waals surface area contributed by atoms with Crippen LogP contribution >= 0.6 is 58.5 Å². The van der Waals surface area contributed by atoms with Crippen molar-refractivity contribution in [2.75, 3.05) is 58.8 Å². The molecular weight excluding hydrogens is 1520 g/mol. The van der Waals surface area contributed by atoms with Crippen LogP contribution in [0.3, 0.4) is 0 Å². The Bertz CT molecular complexity index is 4280. The number of rotatable bonds is 29. The van der Waals surface area contributed by atoms with Gasteiger partial charge in [-0.25, -0.2) is 14.4 Å². The third-order valence-corrected chi connectivity index (χ3v) is 24.8. The van der Waals surface area contributed by atoms with Gasteiger partial charge in [0, 0.05) is 35.8 Å². The normalized spacial score (nSPS) is 29.6. The lowest BCUT2D eigenvalue weighted by molar-refractivity contribution is -0.206. The number of benzene rings is 3. The van der Waals surface area contributed by atoms with Gasteiger partial charge in [0.15, 0.2) is 29.2 Å². The van der Waals surface area contributed by atoms with Crippen molar-refractivity contribution in [3.63, 3.8) is 0 Å². The first kappa shape index (κ1) is 83.0. The van der Waals surface area contributed by atoms with Gasteiger partial charge in [0.05, 0.1) is 29.5 Å². The van der Waals surface area contributed by atoms with Gasteiger partial charge in [-0.1, -0.05) is 51.0 Å². The van der Waals surface area contributed by atoms with Gasteiger partial charge in [0.2, 0.25) is 35.1 Å². The Morgan fingerprint density at radius 3 is 1.68 bits per heavy atom. The van der Waals surface area contributed by atoms with Gasteiger partial charge >= 0.3 is 17.9 Å². The van der Waals surface area contributed by atoms with Crippen LogP contribution in [0.5, 0.6) is 17.2 Å². The zero-order valence-corrected chi connectivity index (χ0v) is 65.4. The fraction of sp³-hybridized carbons (Fsp3) is 0.581. The molecule has 0 aliphatic carbocycles. The first-order valence-corrected chi connectivity index (χ1v) is 40.5. The van der Waals surface area contributed by atoms with E-state index in [2.05, 4.69) is 29.8 Å². The maximum atomic E-state index is 14.8. The van der Waals surface area contributed by atoms with E-state index in [1.807, 2.05) is 23.9 Å². The number of hydrogen-bond donors (Lipinski definition) is 9. The van der Waals surface area contributed by atoms with Crippen molar-refractivity contribution in [2.24, 2.45) is 17.6 Å². The van der Waals surface area contributed by atoms with Crippen molar-refractivity contribution in [1.29, 1.82) is 0 Å². The molecule has 35 heteroatoms. The average molecular weight is 1620 g/mol. The van der Waals surface area contributed by atoms with E-state index in [1.165, 1.54) is 77.3 Å². The second-order valence-corrected chi connectivity index (χ2v) is 33.6. The molecule has 5 aromatic rings. The van der Waals surface area contributed by atoms with Gasteiger partial charge < -0.3 is 94.1 Å².